The Bertz CT molecular complexity index is 2980. The fourth-order valence-electron chi connectivity index (χ4n) is 7.46. The standard InChI is InChI=1S/C18H26FNO3Si.C12H12FNO4.C12H12FNO3.C4H9F3O3SSi.4O.Os/c1-18(2,3)24(4,5)23-15-9-6-13(7-10-15)16-11-8-14(20(21)22)12-17(16)19;13-10-6-8(14(17)18)2-3-9(10)7-1-4-11(15)12(16)5-7;13-12-7-9(14(16)17)3-6-11(12)8-1-4-10(15)5-2-8;1-12(2,3)10-11(8,9)4(5,6)7;;;;;/h8-9,11-13H,6-7,10H2,1-5H3;2-3,6-7,12,16H,1,4-5H2;3,6-8H,1-2,4-5H2;1-3H3;;;;;. The van der Waals surface area contributed by atoms with Crippen molar-refractivity contribution < 1.29 is 102 Å². The number of nitro benzene ring substituents is 3. The van der Waals surface area contributed by atoms with Crippen LogP contribution in [0.5, 0.6) is 0 Å². The van der Waals surface area contributed by atoms with Crippen molar-refractivity contribution in [3.8, 4) is 0 Å². The number of ketones is 2. The van der Waals surface area contributed by atoms with Crippen LogP contribution in [0.25, 0.3) is 0 Å². The minimum atomic E-state index is -6.06. The van der Waals surface area contributed by atoms with Crippen LogP contribution < -0.4 is 0 Å². The topological polar surface area (TPSA) is 305 Å². The second kappa shape index (κ2) is 27.2. The summed E-state index contributed by atoms with van der Waals surface area (Å²) in [5.74, 6) is -0.896. The Morgan fingerprint density at radius 1 is 0.645 bits per heavy atom. The van der Waals surface area contributed by atoms with Crippen LogP contribution >= 0.6 is 0 Å². The Labute approximate surface area is 438 Å². The molecule has 6 rings (SSSR count). The van der Waals surface area contributed by atoms with Gasteiger partial charge in [0.1, 0.15) is 29.3 Å². The molecule has 0 amide bonds. The van der Waals surface area contributed by atoms with Crippen LogP contribution in [-0.4, -0.2) is 68.1 Å². The predicted octanol–water partition coefficient (Wildman–Crippen LogP) is 12.0. The molecule has 30 heteroatoms. The van der Waals surface area contributed by atoms with Gasteiger partial charge in [-0.3, -0.25) is 39.9 Å². The molecule has 3 aliphatic carbocycles. The summed E-state index contributed by atoms with van der Waals surface area (Å²) in [6, 6.07) is 11.1. The van der Waals surface area contributed by atoms with Crippen molar-refractivity contribution in [2.75, 3.05) is 0 Å². The maximum atomic E-state index is 14.2. The molecule has 0 bridgehead atoms. The molecule has 3 unspecified atom stereocenters. The zero-order chi connectivity index (χ0) is 58.5. The van der Waals surface area contributed by atoms with Crippen molar-refractivity contribution in [3.63, 3.8) is 0 Å². The van der Waals surface area contributed by atoms with Crippen molar-refractivity contribution >= 4 is 55.4 Å². The summed E-state index contributed by atoms with van der Waals surface area (Å²) in [7, 11) is -9.95. The van der Waals surface area contributed by atoms with Crippen molar-refractivity contribution in [1.82, 2.24) is 0 Å². The Morgan fingerprint density at radius 3 is 1.32 bits per heavy atom. The summed E-state index contributed by atoms with van der Waals surface area (Å²) >= 11 is -6.06. The van der Waals surface area contributed by atoms with E-state index in [4.69, 9.17) is 18.6 Å². The number of nitrogens with zero attached hydrogens (tertiary/aromatic N) is 3. The second-order valence-electron chi connectivity index (χ2n) is 20.1. The molecule has 0 aliphatic heterocycles. The van der Waals surface area contributed by atoms with Gasteiger partial charge < -0.3 is 13.4 Å². The SMILES string of the molecule is CC(C)(C)[Si](C)(C)OC1=CCC(c2ccc([N+](=O)[O-])cc2F)CC1.C[Si](C)(C)OS(=O)(=O)C(F)(F)F.O=C1CCC(c2ccc([N+](=O)[O-])cc2F)CC1.O=C1CCC(c2ccc([N+](=O)[O-])cc2F)CC1O.[O]=[Os](=[O])(=[O])=[O]. The minimum absolute atomic E-state index is 0.00787. The van der Waals surface area contributed by atoms with Crippen LogP contribution in [0.2, 0.25) is 37.8 Å². The summed E-state index contributed by atoms with van der Waals surface area (Å²) in [5.41, 5.74) is -4.68. The first-order valence-electron chi connectivity index (χ1n) is 23.0. The van der Waals surface area contributed by atoms with E-state index in [1.165, 1.54) is 50.0 Å². The van der Waals surface area contributed by atoms with Gasteiger partial charge in [0.15, 0.2) is 5.78 Å². The predicted molar refractivity (Wildman–Crippen MR) is 258 cm³/mol. The van der Waals surface area contributed by atoms with Gasteiger partial charge in [0.05, 0.1) is 38.7 Å². The number of aliphatic hydroxyl groups excluding tert-OH is 1. The Balaban J connectivity index is 0.000000344. The van der Waals surface area contributed by atoms with Crippen molar-refractivity contribution in [3.05, 3.63) is 131 Å². The van der Waals surface area contributed by atoms with Gasteiger partial charge in [-0.2, -0.15) is 21.6 Å². The summed E-state index contributed by atoms with van der Waals surface area (Å²) < 4.78 is 142. The number of allylic oxidation sites excluding steroid dienone is 2. The van der Waals surface area contributed by atoms with E-state index in [2.05, 4.69) is 43.8 Å². The van der Waals surface area contributed by atoms with E-state index in [1.807, 2.05) is 0 Å². The number of Topliss-reactive ketones (excluding diaryl/α,β-unsaturated/α-hetero) is 2. The molecule has 20 nitrogen and oxygen atoms in total. The number of aliphatic hydroxyl groups is 1. The van der Waals surface area contributed by atoms with Gasteiger partial charge in [-0.1, -0.05) is 20.8 Å². The Hall–Kier alpha value is -5.54. The fourth-order valence-corrected chi connectivity index (χ4v) is 11.6. The molecule has 3 aliphatic rings. The van der Waals surface area contributed by atoms with Gasteiger partial charge in [0, 0.05) is 43.9 Å². The molecule has 2 fully saturated rings. The van der Waals surface area contributed by atoms with Crippen LogP contribution in [0, 0.1) is 47.8 Å². The number of carbonyl (C=O) groups excluding carboxylic acids is 2. The molecule has 0 spiro atoms. The molecule has 0 heterocycles. The van der Waals surface area contributed by atoms with Crippen LogP contribution in [0.3, 0.4) is 0 Å². The van der Waals surface area contributed by atoms with E-state index < -0.39 is 85.4 Å². The average Bonchev–Trinajstić information content (AvgIpc) is 3.26. The van der Waals surface area contributed by atoms with Crippen molar-refractivity contribution in [2.45, 2.75) is 152 Å². The van der Waals surface area contributed by atoms with Gasteiger partial charge in [-0.15, -0.1) is 0 Å². The van der Waals surface area contributed by atoms with Crippen molar-refractivity contribution in [2.24, 2.45) is 0 Å². The third kappa shape index (κ3) is 21.8. The third-order valence-corrected chi connectivity index (χ3v) is 20.1. The number of rotatable bonds is 10. The summed E-state index contributed by atoms with van der Waals surface area (Å²) in [5, 5.41) is 41.3. The molecule has 3 aromatic carbocycles. The number of non-ortho nitro benzene ring substituents is 3. The molecule has 76 heavy (non-hydrogen) atoms. The first kappa shape index (κ1) is 66.6. The van der Waals surface area contributed by atoms with E-state index in [1.54, 1.807) is 6.07 Å². The zero-order valence-corrected chi connectivity index (χ0v) is 47.9. The van der Waals surface area contributed by atoms with E-state index in [9.17, 15) is 79.8 Å². The first-order valence-corrected chi connectivity index (χ1v) is 34.9. The summed E-state index contributed by atoms with van der Waals surface area (Å²) in [6.07, 6.45) is 6.36. The molecule has 3 atom stereocenters. The molecule has 3 aromatic rings. The quantitative estimate of drug-likeness (QED) is 0.0648. The Kier molecular flexibility index (Phi) is 23.8. The molecular weight excluding hydrogens is 1260 g/mol. The molecule has 0 saturated heterocycles. The number of hydrogen-bond acceptors (Lipinski definition) is 17. The van der Waals surface area contributed by atoms with E-state index >= 15 is 0 Å². The fraction of sp³-hybridized carbons (Fsp3) is 0.522. The molecule has 0 radical (unpaired) electrons. The number of nitro groups is 3. The average molecular weight is 1320 g/mol. The van der Waals surface area contributed by atoms with Gasteiger partial charge >= 0.3 is 44.6 Å². The molecule has 0 aromatic heterocycles. The van der Waals surface area contributed by atoms with Crippen molar-refractivity contribution in [1.29, 1.82) is 0 Å². The van der Waals surface area contributed by atoms with Gasteiger partial charge in [0.25, 0.3) is 17.1 Å². The van der Waals surface area contributed by atoms with Crippen LogP contribution in [0.1, 0.15) is 119 Å². The van der Waals surface area contributed by atoms with Gasteiger partial charge in [0.2, 0.25) is 16.6 Å². The van der Waals surface area contributed by atoms with Gasteiger partial charge in [-0.05, 0) is 135 Å². The van der Waals surface area contributed by atoms with Crippen LogP contribution in [-0.2, 0) is 57.0 Å². The molecule has 2 saturated carbocycles. The molecular formula is C46H59F6N3O17OsSSi2. The monoisotopic (exact) mass is 1320 g/mol. The summed E-state index contributed by atoms with van der Waals surface area (Å²) in [6.45, 7) is 15.1. The number of alkyl halides is 3. The molecule has 1 N–H and O–H groups in total. The first-order chi connectivity index (χ1) is 34.5. The number of carbonyl (C=O) groups is 2. The van der Waals surface area contributed by atoms with Crippen LogP contribution in [0.15, 0.2) is 66.4 Å². The third-order valence-electron chi connectivity index (χ3n) is 12.3. The Morgan fingerprint density at radius 2 is 1.01 bits per heavy atom. The number of hydrogen-bond donors (Lipinski definition) is 1. The number of halogens is 6. The number of benzene rings is 3. The van der Waals surface area contributed by atoms with Crippen LogP contribution in [0.4, 0.5) is 43.4 Å². The second-order valence-corrected chi connectivity index (χ2v) is 33.6. The van der Waals surface area contributed by atoms with E-state index in [-0.39, 0.29) is 64.3 Å². The van der Waals surface area contributed by atoms with E-state index in [0.717, 1.165) is 36.8 Å². The molecule has 424 valence electrons. The van der Waals surface area contributed by atoms with Gasteiger partial charge in [-0.25, -0.2) is 13.2 Å². The zero-order valence-electron chi connectivity index (χ0n) is 42.5. The maximum absolute atomic E-state index is 14.2. The summed E-state index contributed by atoms with van der Waals surface area (Å²) in [4.78, 5) is 52.1. The van der Waals surface area contributed by atoms with E-state index in [0.29, 0.717) is 55.2 Å². The normalized spacial score (nSPS) is 18.6.